The molecular weight excluding hydrogens is 454 g/mol. The van der Waals surface area contributed by atoms with Crippen molar-refractivity contribution in [1.29, 1.82) is 0 Å². The van der Waals surface area contributed by atoms with Gasteiger partial charge in [0.1, 0.15) is 6.04 Å². The van der Waals surface area contributed by atoms with E-state index < -0.39 is 12.0 Å². The molecule has 4 saturated carbocycles. The summed E-state index contributed by atoms with van der Waals surface area (Å²) in [7, 11) is 0. The zero-order valence-corrected chi connectivity index (χ0v) is 23.2. The van der Waals surface area contributed by atoms with Crippen molar-refractivity contribution in [3.63, 3.8) is 0 Å². The Morgan fingerprint density at radius 2 is 1.64 bits per heavy atom. The van der Waals surface area contributed by atoms with Gasteiger partial charge in [0.15, 0.2) is 0 Å². The number of amides is 1. The molecule has 6 heteroatoms. The molecule has 4 fully saturated rings. The number of carbonyl (C=O) groups excluding carboxylic acids is 1. The van der Waals surface area contributed by atoms with Crippen LogP contribution in [-0.2, 0) is 9.59 Å². The van der Waals surface area contributed by atoms with Crippen molar-refractivity contribution in [3.05, 3.63) is 0 Å². The highest BCUT2D eigenvalue weighted by Crippen LogP contribution is 2.68. The summed E-state index contributed by atoms with van der Waals surface area (Å²) in [6.07, 6.45) is 9.72. The van der Waals surface area contributed by atoms with Crippen molar-refractivity contribution in [1.82, 2.24) is 5.32 Å². The fourth-order valence-electron chi connectivity index (χ4n) is 9.66. The second-order valence-electron chi connectivity index (χ2n) is 13.7. The number of hydrogen-bond acceptors (Lipinski definition) is 4. The molecule has 6 nitrogen and oxygen atoms in total. The molecule has 0 saturated heterocycles. The summed E-state index contributed by atoms with van der Waals surface area (Å²) in [5, 5.41) is 34.0. The number of aliphatic hydroxyl groups excluding tert-OH is 2. The van der Waals surface area contributed by atoms with Crippen LogP contribution in [0.15, 0.2) is 0 Å². The Hall–Kier alpha value is -1.14. The Kier molecular flexibility index (Phi) is 8.17. The van der Waals surface area contributed by atoms with E-state index in [4.69, 9.17) is 0 Å². The third-order valence-corrected chi connectivity index (χ3v) is 12.0. The van der Waals surface area contributed by atoms with Crippen LogP contribution in [0.1, 0.15) is 105 Å². The minimum Gasteiger partial charge on any atom is -0.480 e. The Labute approximate surface area is 218 Å². The first kappa shape index (κ1) is 27.9. The monoisotopic (exact) mass is 505 g/mol. The normalized spacial score (nSPS) is 44.5. The smallest absolute Gasteiger partial charge is 0.326 e. The minimum atomic E-state index is -0.955. The number of aliphatic hydroxyl groups is 2. The molecule has 1 unspecified atom stereocenters. The van der Waals surface area contributed by atoms with Gasteiger partial charge in [-0.1, -0.05) is 41.0 Å². The quantitative estimate of drug-likeness (QED) is 0.371. The topological polar surface area (TPSA) is 107 Å². The minimum absolute atomic E-state index is 0.0932. The summed E-state index contributed by atoms with van der Waals surface area (Å²) < 4.78 is 0. The zero-order chi connectivity index (χ0) is 26.4. The van der Waals surface area contributed by atoms with Crippen LogP contribution >= 0.6 is 0 Å². The van der Waals surface area contributed by atoms with Gasteiger partial charge in [0, 0.05) is 6.42 Å². The summed E-state index contributed by atoms with van der Waals surface area (Å²) in [6.45, 7) is 11.0. The Morgan fingerprint density at radius 3 is 2.31 bits per heavy atom. The van der Waals surface area contributed by atoms with Crippen LogP contribution in [0.3, 0.4) is 0 Å². The van der Waals surface area contributed by atoms with Gasteiger partial charge in [0.2, 0.25) is 5.91 Å². The summed E-state index contributed by atoms with van der Waals surface area (Å²) in [6, 6.07) is -0.819. The average molecular weight is 506 g/mol. The molecule has 0 aliphatic heterocycles. The van der Waals surface area contributed by atoms with E-state index in [0.29, 0.717) is 48.3 Å². The van der Waals surface area contributed by atoms with Gasteiger partial charge in [-0.25, -0.2) is 4.79 Å². The summed E-state index contributed by atoms with van der Waals surface area (Å²) >= 11 is 0. The van der Waals surface area contributed by atoms with Gasteiger partial charge in [0.25, 0.3) is 0 Å². The number of aliphatic carboxylic acids is 1. The molecule has 36 heavy (non-hydrogen) atoms. The van der Waals surface area contributed by atoms with Gasteiger partial charge in [0.05, 0.1) is 12.2 Å². The molecule has 0 aromatic heterocycles. The van der Waals surface area contributed by atoms with Crippen LogP contribution in [0.4, 0.5) is 0 Å². The number of fused-ring (bicyclic) bond motifs is 5. The van der Waals surface area contributed by atoms with Crippen LogP contribution in [0, 0.1) is 52.3 Å². The van der Waals surface area contributed by atoms with Gasteiger partial charge < -0.3 is 20.6 Å². The fraction of sp³-hybridized carbons (Fsp3) is 0.933. The molecule has 0 bridgehead atoms. The van der Waals surface area contributed by atoms with Crippen LogP contribution in [0.2, 0.25) is 0 Å². The molecule has 206 valence electrons. The lowest BCUT2D eigenvalue weighted by Gasteiger charge is -2.62. The lowest BCUT2D eigenvalue weighted by molar-refractivity contribution is -0.174. The molecule has 4 aliphatic carbocycles. The highest BCUT2D eigenvalue weighted by atomic mass is 16.4. The maximum atomic E-state index is 12.7. The first-order chi connectivity index (χ1) is 16.9. The number of hydrogen-bond donors (Lipinski definition) is 4. The predicted molar refractivity (Wildman–Crippen MR) is 140 cm³/mol. The standard InChI is InChI=1S/C30H51NO5/c1-6-17(2)27(28(35)36)31-25(34)10-7-18(3)21-8-9-22-26-23(12-14-30(21,22)5)29(4)13-11-20(32)15-19(29)16-24(26)33/h17-24,26-27,32-33H,6-16H2,1-5H3,(H,31,34)(H,35,36)/t17-,18?,19+,20-,21-,22+,23+,24+,26+,27+,29+,30-/m1/s1. The van der Waals surface area contributed by atoms with E-state index in [0.717, 1.165) is 51.4 Å². The molecule has 0 aromatic rings. The molecule has 1 amide bonds. The molecule has 0 radical (unpaired) electrons. The highest BCUT2D eigenvalue weighted by molar-refractivity contribution is 5.83. The van der Waals surface area contributed by atoms with E-state index in [1.165, 1.54) is 6.42 Å². The highest BCUT2D eigenvalue weighted by Gasteiger charge is 2.62. The molecule has 0 heterocycles. The average Bonchev–Trinajstić information content (AvgIpc) is 3.18. The van der Waals surface area contributed by atoms with Crippen LogP contribution in [0.5, 0.6) is 0 Å². The van der Waals surface area contributed by atoms with Gasteiger partial charge in [-0.15, -0.1) is 0 Å². The number of carboxylic acids is 1. The van der Waals surface area contributed by atoms with Crippen LogP contribution < -0.4 is 5.32 Å². The van der Waals surface area contributed by atoms with Crippen molar-refractivity contribution in [2.45, 2.75) is 123 Å². The third kappa shape index (κ3) is 4.86. The first-order valence-electron chi connectivity index (χ1n) is 14.8. The maximum Gasteiger partial charge on any atom is 0.326 e. The molecule has 0 aromatic carbocycles. The summed E-state index contributed by atoms with van der Waals surface area (Å²) in [4.78, 5) is 24.3. The second-order valence-corrected chi connectivity index (χ2v) is 13.7. The number of carbonyl (C=O) groups is 2. The summed E-state index contributed by atoms with van der Waals surface area (Å²) in [5.41, 5.74) is 0.429. The number of nitrogens with one attached hydrogen (secondary N) is 1. The molecule has 4 rings (SSSR count). The molecular formula is C30H51NO5. The first-order valence-corrected chi connectivity index (χ1v) is 14.8. The molecule has 4 aliphatic rings. The lowest BCUT2D eigenvalue weighted by atomic mass is 9.43. The Balaban J connectivity index is 1.40. The van der Waals surface area contributed by atoms with Gasteiger partial charge in [-0.05, 0) is 110 Å². The Morgan fingerprint density at radius 1 is 0.972 bits per heavy atom. The SMILES string of the molecule is CC[C@@H](C)[C@H](NC(=O)CCC(C)[C@H]1CC[C@H]2[C@@H]3[C@@H](O)C[C@@H]4C[C@H](O)CC[C@]4(C)[C@H]3CC[C@]12C)C(=O)O. The molecule has 0 spiro atoms. The van der Waals surface area contributed by atoms with E-state index in [-0.39, 0.29) is 34.9 Å². The summed E-state index contributed by atoms with van der Waals surface area (Å²) in [5.74, 6) is 1.58. The molecule has 4 N–H and O–H groups in total. The van der Waals surface area contributed by atoms with E-state index in [2.05, 4.69) is 26.1 Å². The van der Waals surface area contributed by atoms with E-state index in [9.17, 15) is 24.9 Å². The van der Waals surface area contributed by atoms with Crippen molar-refractivity contribution >= 4 is 11.9 Å². The predicted octanol–water partition coefficient (Wildman–Crippen LogP) is 5.01. The largest absolute Gasteiger partial charge is 0.480 e. The van der Waals surface area contributed by atoms with Crippen molar-refractivity contribution in [2.24, 2.45) is 52.3 Å². The van der Waals surface area contributed by atoms with Crippen molar-refractivity contribution in [2.75, 3.05) is 0 Å². The van der Waals surface area contributed by atoms with E-state index in [1.807, 2.05) is 13.8 Å². The van der Waals surface area contributed by atoms with Crippen molar-refractivity contribution < 1.29 is 24.9 Å². The fourth-order valence-corrected chi connectivity index (χ4v) is 9.66. The third-order valence-electron chi connectivity index (χ3n) is 12.0. The molecule has 12 atom stereocenters. The Bertz CT molecular complexity index is 817. The van der Waals surface area contributed by atoms with Crippen molar-refractivity contribution in [3.8, 4) is 0 Å². The van der Waals surface area contributed by atoms with Crippen LogP contribution in [-0.4, -0.2) is 45.4 Å². The van der Waals surface area contributed by atoms with Gasteiger partial charge in [-0.3, -0.25) is 4.79 Å². The van der Waals surface area contributed by atoms with E-state index >= 15 is 0 Å². The van der Waals surface area contributed by atoms with Gasteiger partial charge in [-0.2, -0.15) is 0 Å². The second kappa shape index (κ2) is 10.6. The number of carboxylic acid groups (broad SMARTS) is 1. The maximum absolute atomic E-state index is 12.7. The van der Waals surface area contributed by atoms with Crippen LogP contribution in [0.25, 0.3) is 0 Å². The van der Waals surface area contributed by atoms with E-state index in [1.54, 1.807) is 0 Å². The van der Waals surface area contributed by atoms with Gasteiger partial charge >= 0.3 is 5.97 Å². The lowest BCUT2D eigenvalue weighted by Crippen LogP contribution is -2.58. The number of rotatable bonds is 8. The zero-order valence-electron chi connectivity index (χ0n) is 23.2.